The largest absolute Gasteiger partial charge is 0.493 e. The molecule has 1 atom stereocenters. The van der Waals surface area contributed by atoms with Gasteiger partial charge in [-0.25, -0.2) is 9.59 Å². The molecule has 0 saturated heterocycles. The molecule has 1 unspecified atom stereocenters. The van der Waals surface area contributed by atoms with Crippen molar-refractivity contribution in [3.05, 3.63) is 70.9 Å². The summed E-state index contributed by atoms with van der Waals surface area (Å²) in [7, 11) is 1.57. The van der Waals surface area contributed by atoms with Crippen molar-refractivity contribution in [2.75, 3.05) is 13.7 Å². The van der Waals surface area contributed by atoms with Crippen molar-refractivity contribution in [3.63, 3.8) is 0 Å². The second kappa shape index (κ2) is 11.9. The van der Waals surface area contributed by atoms with E-state index in [1.165, 1.54) is 12.8 Å². The number of methoxy groups -OCH3 is 1. The molecule has 2 aromatic carbocycles. The minimum atomic E-state index is -0.672. The van der Waals surface area contributed by atoms with E-state index in [1.807, 2.05) is 42.5 Å². The molecular weight excluding hydrogens is 420 g/mol. The maximum atomic E-state index is 13.0. The molecule has 1 aliphatic rings. The number of benzene rings is 2. The highest BCUT2D eigenvalue weighted by atomic mass is 16.5. The molecule has 0 bridgehead atoms. The highest BCUT2D eigenvalue weighted by Gasteiger charge is 2.32. The van der Waals surface area contributed by atoms with Crippen LogP contribution in [0.25, 0.3) is 0 Å². The smallest absolute Gasteiger partial charge is 0.338 e. The zero-order valence-corrected chi connectivity index (χ0v) is 19.5. The molecule has 2 amide bonds. The number of amides is 2. The number of esters is 1. The fourth-order valence-corrected chi connectivity index (χ4v) is 3.71. The van der Waals surface area contributed by atoms with Gasteiger partial charge in [0, 0.05) is 5.70 Å². The molecule has 0 aromatic heterocycles. The molecule has 0 spiro atoms. The third-order valence-corrected chi connectivity index (χ3v) is 5.48. The number of carbonyl (C=O) groups is 2. The predicted octanol–water partition coefficient (Wildman–Crippen LogP) is 5.03. The van der Waals surface area contributed by atoms with E-state index in [2.05, 4.69) is 17.6 Å². The highest BCUT2D eigenvalue weighted by Crippen LogP contribution is 2.34. The van der Waals surface area contributed by atoms with Crippen LogP contribution in [0.2, 0.25) is 0 Å². The third kappa shape index (κ3) is 6.51. The van der Waals surface area contributed by atoms with Crippen LogP contribution in [-0.2, 0) is 16.1 Å². The maximum Gasteiger partial charge on any atom is 0.338 e. The Labute approximate surface area is 195 Å². The minimum absolute atomic E-state index is 0.144. The number of unbranched alkanes of at least 4 members (excludes halogenated alkanes) is 3. The van der Waals surface area contributed by atoms with Gasteiger partial charge >= 0.3 is 12.0 Å². The average Bonchev–Trinajstić information content (AvgIpc) is 2.82. The van der Waals surface area contributed by atoms with Crippen molar-refractivity contribution in [3.8, 4) is 11.5 Å². The molecule has 33 heavy (non-hydrogen) atoms. The first-order valence-electron chi connectivity index (χ1n) is 11.3. The fourth-order valence-electron chi connectivity index (χ4n) is 3.71. The number of allylic oxidation sites excluding steroid dienone is 1. The van der Waals surface area contributed by atoms with Gasteiger partial charge in [-0.1, -0.05) is 62.6 Å². The number of nitrogens with one attached hydrogen (secondary N) is 2. The van der Waals surface area contributed by atoms with E-state index >= 15 is 0 Å². The van der Waals surface area contributed by atoms with Gasteiger partial charge in [0.05, 0.1) is 25.3 Å². The number of urea groups is 1. The van der Waals surface area contributed by atoms with E-state index in [4.69, 9.17) is 14.2 Å². The zero-order chi connectivity index (χ0) is 23.6. The standard InChI is InChI=1S/C26H32N2O5/c1-4-5-6-10-15-32-21-14-13-20(16-22(21)31-3)24-23(18(2)27-26(30)28-24)25(29)33-17-19-11-8-7-9-12-19/h7-9,11-14,16,24H,4-6,10,15,17H2,1-3H3,(H2,27,28,30). The summed E-state index contributed by atoms with van der Waals surface area (Å²) in [4.78, 5) is 25.2. The van der Waals surface area contributed by atoms with Gasteiger partial charge in [-0.2, -0.15) is 0 Å². The van der Waals surface area contributed by atoms with Gasteiger partial charge in [-0.05, 0) is 36.6 Å². The molecule has 176 valence electrons. The number of hydrogen-bond acceptors (Lipinski definition) is 5. The number of ether oxygens (including phenoxy) is 3. The van der Waals surface area contributed by atoms with Crippen molar-refractivity contribution in [2.24, 2.45) is 0 Å². The summed E-state index contributed by atoms with van der Waals surface area (Å²) in [5, 5.41) is 5.49. The Bertz CT molecular complexity index is 987. The Balaban J connectivity index is 1.77. The Kier molecular flexibility index (Phi) is 8.75. The van der Waals surface area contributed by atoms with Crippen molar-refractivity contribution in [1.82, 2.24) is 10.6 Å². The van der Waals surface area contributed by atoms with Gasteiger partial charge in [0.15, 0.2) is 11.5 Å². The summed E-state index contributed by atoms with van der Waals surface area (Å²) < 4.78 is 17.0. The zero-order valence-electron chi connectivity index (χ0n) is 19.5. The van der Waals surface area contributed by atoms with Crippen LogP contribution in [-0.4, -0.2) is 25.7 Å². The van der Waals surface area contributed by atoms with E-state index in [1.54, 1.807) is 20.1 Å². The minimum Gasteiger partial charge on any atom is -0.493 e. The normalized spacial score (nSPS) is 15.5. The second-order valence-corrected chi connectivity index (χ2v) is 7.95. The van der Waals surface area contributed by atoms with Crippen LogP contribution in [0.5, 0.6) is 11.5 Å². The molecule has 2 N–H and O–H groups in total. The molecule has 7 heteroatoms. The SMILES string of the molecule is CCCCCCOc1ccc(C2NC(=O)NC(C)=C2C(=O)OCc2ccccc2)cc1OC. The molecule has 1 aliphatic heterocycles. The summed E-state index contributed by atoms with van der Waals surface area (Å²) in [5.41, 5.74) is 2.39. The number of hydrogen-bond donors (Lipinski definition) is 2. The van der Waals surface area contributed by atoms with Crippen LogP contribution >= 0.6 is 0 Å². The van der Waals surface area contributed by atoms with Gasteiger partial charge in [-0.15, -0.1) is 0 Å². The van der Waals surface area contributed by atoms with Crippen molar-refractivity contribution in [2.45, 2.75) is 52.2 Å². The molecule has 0 aliphatic carbocycles. The number of carbonyl (C=O) groups excluding carboxylic acids is 2. The molecular formula is C26H32N2O5. The fraction of sp³-hybridized carbons (Fsp3) is 0.385. The molecule has 1 heterocycles. The van der Waals surface area contributed by atoms with E-state index in [0.29, 0.717) is 34.9 Å². The predicted molar refractivity (Wildman–Crippen MR) is 126 cm³/mol. The summed E-state index contributed by atoms with van der Waals surface area (Å²) in [6, 6.07) is 13.8. The van der Waals surface area contributed by atoms with Gasteiger partial charge in [-0.3, -0.25) is 0 Å². The first-order valence-corrected chi connectivity index (χ1v) is 11.3. The lowest BCUT2D eigenvalue weighted by Gasteiger charge is -2.28. The van der Waals surface area contributed by atoms with Gasteiger partial charge < -0.3 is 24.8 Å². The maximum absolute atomic E-state index is 13.0. The Morgan fingerprint density at radius 2 is 1.82 bits per heavy atom. The summed E-state index contributed by atoms with van der Waals surface area (Å²) >= 11 is 0. The van der Waals surface area contributed by atoms with Crippen LogP contribution < -0.4 is 20.1 Å². The topological polar surface area (TPSA) is 85.9 Å². The van der Waals surface area contributed by atoms with Crippen LogP contribution in [0.4, 0.5) is 4.79 Å². The quantitative estimate of drug-likeness (QED) is 0.369. The van der Waals surface area contributed by atoms with Crippen LogP contribution in [0.15, 0.2) is 59.8 Å². The van der Waals surface area contributed by atoms with Crippen molar-refractivity contribution >= 4 is 12.0 Å². The lowest BCUT2D eigenvalue weighted by Crippen LogP contribution is -2.45. The van der Waals surface area contributed by atoms with E-state index in [0.717, 1.165) is 18.4 Å². The average molecular weight is 453 g/mol. The lowest BCUT2D eigenvalue weighted by molar-refractivity contribution is -0.140. The van der Waals surface area contributed by atoms with E-state index < -0.39 is 12.0 Å². The van der Waals surface area contributed by atoms with Gasteiger partial charge in [0.25, 0.3) is 0 Å². The van der Waals surface area contributed by atoms with Gasteiger partial charge in [0.2, 0.25) is 0 Å². The Hall–Kier alpha value is -3.48. The monoisotopic (exact) mass is 452 g/mol. The van der Waals surface area contributed by atoms with Crippen LogP contribution in [0.3, 0.4) is 0 Å². The third-order valence-electron chi connectivity index (χ3n) is 5.48. The van der Waals surface area contributed by atoms with Gasteiger partial charge in [0.1, 0.15) is 6.61 Å². The molecule has 0 radical (unpaired) electrons. The molecule has 0 saturated carbocycles. The summed E-state index contributed by atoms with van der Waals surface area (Å²) in [6.45, 7) is 4.61. The second-order valence-electron chi connectivity index (χ2n) is 7.95. The van der Waals surface area contributed by atoms with Crippen LogP contribution in [0.1, 0.15) is 56.7 Å². The molecule has 3 rings (SSSR count). The molecule has 2 aromatic rings. The summed E-state index contributed by atoms with van der Waals surface area (Å²) in [5.74, 6) is 0.682. The lowest BCUT2D eigenvalue weighted by atomic mass is 9.95. The molecule has 0 fully saturated rings. The van der Waals surface area contributed by atoms with Crippen molar-refractivity contribution in [1.29, 1.82) is 0 Å². The van der Waals surface area contributed by atoms with Crippen molar-refractivity contribution < 1.29 is 23.8 Å². The molecule has 7 nitrogen and oxygen atoms in total. The Morgan fingerprint density at radius 3 is 2.55 bits per heavy atom. The van der Waals surface area contributed by atoms with E-state index in [-0.39, 0.29) is 12.6 Å². The first-order chi connectivity index (χ1) is 16.0. The van der Waals surface area contributed by atoms with E-state index in [9.17, 15) is 9.59 Å². The van der Waals surface area contributed by atoms with Crippen LogP contribution in [0, 0.1) is 0 Å². The Morgan fingerprint density at radius 1 is 1.03 bits per heavy atom. The summed E-state index contributed by atoms with van der Waals surface area (Å²) in [6.07, 6.45) is 4.45. The first kappa shape index (κ1) is 24.2. The highest BCUT2D eigenvalue weighted by molar-refractivity contribution is 5.95. The number of rotatable bonds is 11.